The second-order valence-electron chi connectivity index (χ2n) is 8.19. The summed E-state index contributed by atoms with van der Waals surface area (Å²) in [5.41, 5.74) is -1.41. The molecule has 2 amide bonds. The standard InChI is InChI=1S/C18H32N2O5/c1-5-24-14-9-18(23,10-14)12-19-15(21)13-7-6-8-20(11-13)16(22)25-17(2,3)4/h13-14,23H,5-12H2,1-4H3,(H,19,21)/t13-,14?,18?/m0/s1. The highest BCUT2D eigenvalue weighted by atomic mass is 16.6. The van der Waals surface area contributed by atoms with Crippen LogP contribution in [0.5, 0.6) is 0 Å². The highest BCUT2D eigenvalue weighted by Gasteiger charge is 2.43. The van der Waals surface area contributed by atoms with Crippen LogP contribution in [0.3, 0.4) is 0 Å². The first-order valence-corrected chi connectivity index (χ1v) is 9.21. The number of amides is 2. The Morgan fingerprint density at radius 3 is 2.60 bits per heavy atom. The molecule has 0 aromatic carbocycles. The number of piperidine rings is 1. The fraction of sp³-hybridized carbons (Fsp3) is 0.889. The molecule has 144 valence electrons. The van der Waals surface area contributed by atoms with E-state index < -0.39 is 11.2 Å². The molecule has 0 aromatic rings. The van der Waals surface area contributed by atoms with Gasteiger partial charge in [-0.15, -0.1) is 0 Å². The lowest BCUT2D eigenvalue weighted by Gasteiger charge is -2.43. The van der Waals surface area contributed by atoms with Gasteiger partial charge in [0.1, 0.15) is 5.60 Å². The third-order valence-electron chi connectivity index (χ3n) is 4.65. The van der Waals surface area contributed by atoms with Gasteiger partial charge < -0.3 is 24.8 Å². The molecule has 0 spiro atoms. The number of aliphatic hydroxyl groups is 1. The summed E-state index contributed by atoms with van der Waals surface area (Å²) in [6, 6.07) is 0. The summed E-state index contributed by atoms with van der Waals surface area (Å²) in [5, 5.41) is 13.2. The van der Waals surface area contributed by atoms with E-state index in [4.69, 9.17) is 9.47 Å². The first-order chi connectivity index (χ1) is 11.6. The average molecular weight is 356 g/mol. The monoisotopic (exact) mass is 356 g/mol. The summed E-state index contributed by atoms with van der Waals surface area (Å²) in [6.45, 7) is 9.25. The molecule has 0 radical (unpaired) electrons. The summed E-state index contributed by atoms with van der Waals surface area (Å²) < 4.78 is 10.8. The maximum atomic E-state index is 12.4. The number of rotatable bonds is 5. The van der Waals surface area contributed by atoms with Gasteiger partial charge in [-0.3, -0.25) is 4.79 Å². The number of hydrogen-bond donors (Lipinski definition) is 2. The van der Waals surface area contributed by atoms with Crippen molar-refractivity contribution in [3.05, 3.63) is 0 Å². The van der Waals surface area contributed by atoms with Gasteiger partial charge in [0.2, 0.25) is 5.91 Å². The lowest BCUT2D eigenvalue weighted by molar-refractivity contribution is -0.143. The summed E-state index contributed by atoms with van der Waals surface area (Å²) >= 11 is 0. The molecule has 7 heteroatoms. The fourth-order valence-corrected chi connectivity index (χ4v) is 3.37. The predicted molar refractivity (Wildman–Crippen MR) is 93.1 cm³/mol. The van der Waals surface area contributed by atoms with Crippen molar-refractivity contribution in [2.75, 3.05) is 26.2 Å². The average Bonchev–Trinajstić information content (AvgIpc) is 2.50. The smallest absolute Gasteiger partial charge is 0.410 e. The summed E-state index contributed by atoms with van der Waals surface area (Å²) in [5.74, 6) is -0.367. The minimum Gasteiger partial charge on any atom is -0.444 e. The van der Waals surface area contributed by atoms with Gasteiger partial charge >= 0.3 is 6.09 Å². The van der Waals surface area contributed by atoms with Crippen LogP contribution in [0.2, 0.25) is 0 Å². The quantitative estimate of drug-likeness (QED) is 0.782. The van der Waals surface area contributed by atoms with Crippen LogP contribution >= 0.6 is 0 Å². The number of carbonyl (C=O) groups excluding carboxylic acids is 2. The Morgan fingerprint density at radius 2 is 2.00 bits per heavy atom. The van der Waals surface area contributed by atoms with Crippen LogP contribution in [0.4, 0.5) is 4.79 Å². The van der Waals surface area contributed by atoms with Gasteiger partial charge in [0.05, 0.1) is 17.6 Å². The predicted octanol–water partition coefficient (Wildman–Crippen LogP) is 1.68. The molecule has 1 atom stereocenters. The summed E-state index contributed by atoms with van der Waals surface area (Å²) in [6.07, 6.45) is 2.33. The van der Waals surface area contributed by atoms with Crippen molar-refractivity contribution in [3.63, 3.8) is 0 Å². The first-order valence-electron chi connectivity index (χ1n) is 9.21. The summed E-state index contributed by atoms with van der Waals surface area (Å²) in [7, 11) is 0. The van der Waals surface area contributed by atoms with E-state index in [1.54, 1.807) is 4.90 Å². The molecule has 1 saturated heterocycles. The third kappa shape index (κ3) is 5.85. The number of likely N-dealkylation sites (tertiary alicyclic amines) is 1. The zero-order valence-electron chi connectivity index (χ0n) is 15.8. The Labute approximate surface area is 150 Å². The second kappa shape index (κ2) is 7.91. The van der Waals surface area contributed by atoms with Crippen LogP contribution in [0.15, 0.2) is 0 Å². The van der Waals surface area contributed by atoms with E-state index >= 15 is 0 Å². The molecule has 1 saturated carbocycles. The number of ether oxygens (including phenoxy) is 2. The lowest BCUT2D eigenvalue weighted by atomic mass is 9.77. The molecule has 2 aliphatic rings. The van der Waals surface area contributed by atoms with Crippen molar-refractivity contribution in [1.29, 1.82) is 0 Å². The van der Waals surface area contributed by atoms with E-state index in [-0.39, 0.29) is 30.6 Å². The highest BCUT2D eigenvalue weighted by molar-refractivity contribution is 5.80. The van der Waals surface area contributed by atoms with Gasteiger partial charge in [0.25, 0.3) is 0 Å². The summed E-state index contributed by atoms with van der Waals surface area (Å²) in [4.78, 5) is 26.2. The highest BCUT2D eigenvalue weighted by Crippen LogP contribution is 2.34. The number of nitrogens with one attached hydrogen (secondary N) is 1. The van der Waals surface area contributed by atoms with Crippen molar-refractivity contribution >= 4 is 12.0 Å². The van der Waals surface area contributed by atoms with Crippen molar-refractivity contribution in [2.24, 2.45) is 5.92 Å². The molecular weight excluding hydrogens is 324 g/mol. The SMILES string of the molecule is CCOC1CC(O)(CNC(=O)[C@H]2CCCN(C(=O)OC(C)(C)C)C2)C1. The Bertz CT molecular complexity index is 482. The molecule has 7 nitrogen and oxygen atoms in total. The second-order valence-corrected chi connectivity index (χ2v) is 8.19. The molecule has 0 aromatic heterocycles. The molecule has 2 fully saturated rings. The molecule has 0 bridgehead atoms. The minimum absolute atomic E-state index is 0.0873. The first kappa shape index (κ1) is 20.0. The molecule has 0 unspecified atom stereocenters. The van der Waals surface area contributed by atoms with Gasteiger partial charge in [0.15, 0.2) is 0 Å². The van der Waals surface area contributed by atoms with Crippen LogP contribution in [-0.2, 0) is 14.3 Å². The third-order valence-corrected chi connectivity index (χ3v) is 4.65. The van der Waals surface area contributed by atoms with E-state index in [0.717, 1.165) is 12.8 Å². The normalized spacial score (nSPS) is 29.7. The van der Waals surface area contributed by atoms with E-state index in [0.29, 0.717) is 32.5 Å². The molecule has 1 heterocycles. The van der Waals surface area contributed by atoms with Crippen LogP contribution in [0.25, 0.3) is 0 Å². The van der Waals surface area contributed by atoms with Gasteiger partial charge in [-0.05, 0) is 40.5 Å². The zero-order valence-corrected chi connectivity index (χ0v) is 15.8. The minimum atomic E-state index is -0.866. The van der Waals surface area contributed by atoms with E-state index in [9.17, 15) is 14.7 Å². The van der Waals surface area contributed by atoms with Crippen LogP contribution < -0.4 is 5.32 Å². The number of nitrogens with zero attached hydrogens (tertiary/aromatic N) is 1. The van der Waals surface area contributed by atoms with E-state index in [1.807, 2.05) is 27.7 Å². The van der Waals surface area contributed by atoms with Crippen molar-refractivity contribution in [2.45, 2.75) is 70.7 Å². The van der Waals surface area contributed by atoms with Crippen LogP contribution in [0.1, 0.15) is 53.4 Å². The molecule has 1 aliphatic carbocycles. The van der Waals surface area contributed by atoms with Gasteiger partial charge in [0, 0.05) is 39.1 Å². The zero-order chi connectivity index (χ0) is 18.7. The van der Waals surface area contributed by atoms with E-state index in [1.165, 1.54) is 0 Å². The van der Waals surface area contributed by atoms with E-state index in [2.05, 4.69) is 5.32 Å². The Morgan fingerprint density at radius 1 is 1.32 bits per heavy atom. The van der Waals surface area contributed by atoms with Crippen LogP contribution in [-0.4, -0.2) is 65.6 Å². The van der Waals surface area contributed by atoms with Gasteiger partial charge in [-0.2, -0.15) is 0 Å². The topological polar surface area (TPSA) is 88.1 Å². The molecule has 25 heavy (non-hydrogen) atoms. The maximum Gasteiger partial charge on any atom is 0.410 e. The molecule has 2 rings (SSSR count). The number of carbonyl (C=O) groups is 2. The fourth-order valence-electron chi connectivity index (χ4n) is 3.37. The Kier molecular flexibility index (Phi) is 6.32. The van der Waals surface area contributed by atoms with Crippen LogP contribution in [0, 0.1) is 5.92 Å². The number of hydrogen-bond acceptors (Lipinski definition) is 5. The Balaban J connectivity index is 1.77. The van der Waals surface area contributed by atoms with Gasteiger partial charge in [-0.1, -0.05) is 0 Å². The van der Waals surface area contributed by atoms with Gasteiger partial charge in [-0.25, -0.2) is 4.79 Å². The van der Waals surface area contributed by atoms with Crippen molar-refractivity contribution < 1.29 is 24.2 Å². The molecule has 2 N–H and O–H groups in total. The molecule has 1 aliphatic heterocycles. The van der Waals surface area contributed by atoms with Crippen molar-refractivity contribution in [3.8, 4) is 0 Å². The lowest BCUT2D eigenvalue weighted by Crippen LogP contribution is -2.56. The Hall–Kier alpha value is -1.34. The largest absolute Gasteiger partial charge is 0.444 e. The van der Waals surface area contributed by atoms with Crippen molar-refractivity contribution in [1.82, 2.24) is 10.2 Å². The molecular formula is C18H32N2O5. The maximum absolute atomic E-state index is 12.4.